The van der Waals surface area contributed by atoms with E-state index in [4.69, 9.17) is 0 Å². The zero-order valence-electron chi connectivity index (χ0n) is 14.3. The number of carbonyl (C=O) groups excluding carboxylic acids is 2. The minimum atomic E-state index is -0.239. The Morgan fingerprint density at radius 3 is 2.71 bits per heavy atom. The summed E-state index contributed by atoms with van der Waals surface area (Å²) in [7, 11) is 1.60. The number of hydrogen-bond acceptors (Lipinski definition) is 4. The number of benzene rings is 1. The molecule has 0 unspecified atom stereocenters. The van der Waals surface area contributed by atoms with Gasteiger partial charge in [-0.15, -0.1) is 11.3 Å². The maximum Gasteiger partial charge on any atom is 0.246 e. The monoisotopic (exact) mass is 343 g/mol. The molecule has 2 rings (SSSR count). The number of rotatable bonds is 5. The van der Waals surface area contributed by atoms with Gasteiger partial charge in [0.25, 0.3) is 0 Å². The van der Waals surface area contributed by atoms with Crippen LogP contribution in [0.5, 0.6) is 0 Å². The van der Waals surface area contributed by atoms with Crippen LogP contribution in [0.15, 0.2) is 29.7 Å². The highest BCUT2D eigenvalue weighted by Crippen LogP contribution is 2.17. The molecule has 1 heterocycles. The summed E-state index contributed by atoms with van der Waals surface area (Å²) in [5.41, 5.74) is 3.66. The van der Waals surface area contributed by atoms with Gasteiger partial charge in [0.05, 0.1) is 17.2 Å². The molecule has 5 nitrogen and oxygen atoms in total. The molecule has 0 saturated heterocycles. The van der Waals surface area contributed by atoms with Crippen LogP contribution in [0.3, 0.4) is 0 Å². The number of nitrogens with zero attached hydrogens (tertiary/aromatic N) is 2. The van der Waals surface area contributed by atoms with Crippen LogP contribution in [0, 0.1) is 20.8 Å². The van der Waals surface area contributed by atoms with Crippen LogP contribution in [0.4, 0.5) is 5.69 Å². The largest absolute Gasteiger partial charge is 0.333 e. The van der Waals surface area contributed by atoms with Gasteiger partial charge in [0, 0.05) is 24.2 Å². The molecule has 1 aromatic heterocycles. The molecule has 0 aliphatic rings. The predicted molar refractivity (Wildman–Crippen MR) is 98.1 cm³/mol. The van der Waals surface area contributed by atoms with E-state index in [1.54, 1.807) is 13.1 Å². The highest BCUT2D eigenvalue weighted by molar-refractivity contribution is 7.09. The average molecular weight is 343 g/mol. The molecule has 0 aliphatic carbocycles. The first kappa shape index (κ1) is 17.9. The summed E-state index contributed by atoms with van der Waals surface area (Å²) >= 11 is 1.53. The van der Waals surface area contributed by atoms with E-state index < -0.39 is 0 Å². The summed E-state index contributed by atoms with van der Waals surface area (Å²) in [6, 6.07) is 5.74. The number of aromatic nitrogens is 1. The lowest BCUT2D eigenvalue weighted by Crippen LogP contribution is -2.34. The van der Waals surface area contributed by atoms with Crippen molar-refractivity contribution in [1.29, 1.82) is 0 Å². The maximum absolute atomic E-state index is 12.1. The molecule has 6 heteroatoms. The van der Waals surface area contributed by atoms with Crippen molar-refractivity contribution in [3.05, 3.63) is 51.5 Å². The van der Waals surface area contributed by atoms with E-state index in [0.717, 1.165) is 27.5 Å². The van der Waals surface area contributed by atoms with E-state index in [1.807, 2.05) is 44.4 Å². The number of nitrogens with one attached hydrogen (secondary N) is 1. The van der Waals surface area contributed by atoms with Gasteiger partial charge in [0.2, 0.25) is 11.8 Å². The SMILES string of the molecule is Cc1nc(/C=C/C(=O)N(C)CC(=O)Nc2cccc(C)c2C)cs1. The molecule has 2 amide bonds. The standard InChI is InChI=1S/C18H21N3O2S/c1-12-6-5-7-16(13(12)2)20-17(22)10-21(4)18(23)9-8-15-11-24-14(3)19-15/h5-9,11H,10H2,1-4H3,(H,20,22)/b9-8+. The van der Waals surface area contributed by atoms with Crippen molar-refractivity contribution in [3.63, 3.8) is 0 Å². The van der Waals surface area contributed by atoms with Gasteiger partial charge in [0.1, 0.15) is 0 Å². The van der Waals surface area contributed by atoms with E-state index >= 15 is 0 Å². The van der Waals surface area contributed by atoms with Crippen LogP contribution in [-0.2, 0) is 9.59 Å². The van der Waals surface area contributed by atoms with Gasteiger partial charge in [-0.1, -0.05) is 12.1 Å². The fourth-order valence-electron chi connectivity index (χ4n) is 2.11. The Morgan fingerprint density at radius 1 is 1.29 bits per heavy atom. The Hall–Kier alpha value is -2.47. The Bertz CT molecular complexity index is 780. The Kier molecular flexibility index (Phi) is 5.87. The molecule has 0 bridgehead atoms. The predicted octanol–water partition coefficient (Wildman–Crippen LogP) is 3.18. The van der Waals surface area contributed by atoms with Crippen LogP contribution in [0.25, 0.3) is 6.08 Å². The molecule has 0 fully saturated rings. The summed E-state index contributed by atoms with van der Waals surface area (Å²) in [6.07, 6.45) is 3.09. The molecule has 126 valence electrons. The highest BCUT2D eigenvalue weighted by atomic mass is 32.1. The quantitative estimate of drug-likeness (QED) is 0.848. The fourth-order valence-corrected chi connectivity index (χ4v) is 2.69. The van der Waals surface area contributed by atoms with Gasteiger partial charge in [-0.3, -0.25) is 9.59 Å². The molecule has 1 aromatic carbocycles. The smallest absolute Gasteiger partial charge is 0.246 e. The molecule has 0 spiro atoms. The lowest BCUT2D eigenvalue weighted by molar-refractivity contribution is -0.129. The molecule has 2 aromatic rings. The highest BCUT2D eigenvalue weighted by Gasteiger charge is 2.12. The van der Waals surface area contributed by atoms with Gasteiger partial charge in [-0.05, 0) is 44.0 Å². The number of thiazole rings is 1. The molecule has 0 radical (unpaired) electrons. The van der Waals surface area contributed by atoms with E-state index in [0.29, 0.717) is 0 Å². The number of hydrogen-bond donors (Lipinski definition) is 1. The number of likely N-dealkylation sites (N-methyl/N-ethyl adjacent to an activating group) is 1. The Morgan fingerprint density at radius 2 is 2.04 bits per heavy atom. The van der Waals surface area contributed by atoms with Crippen LogP contribution in [0.2, 0.25) is 0 Å². The lowest BCUT2D eigenvalue weighted by Gasteiger charge is -2.16. The zero-order chi connectivity index (χ0) is 17.7. The molecular formula is C18H21N3O2S. The summed E-state index contributed by atoms with van der Waals surface area (Å²) in [5, 5.41) is 5.68. The molecule has 0 atom stereocenters. The molecular weight excluding hydrogens is 322 g/mol. The van der Waals surface area contributed by atoms with E-state index in [9.17, 15) is 9.59 Å². The number of carbonyl (C=O) groups is 2. The zero-order valence-corrected chi connectivity index (χ0v) is 15.1. The van der Waals surface area contributed by atoms with Crippen molar-refractivity contribution in [2.75, 3.05) is 18.9 Å². The second-order valence-corrected chi connectivity index (χ2v) is 6.68. The maximum atomic E-state index is 12.1. The third-order valence-electron chi connectivity index (χ3n) is 3.67. The van der Waals surface area contributed by atoms with Crippen molar-refractivity contribution in [1.82, 2.24) is 9.88 Å². The first-order valence-electron chi connectivity index (χ1n) is 7.58. The van der Waals surface area contributed by atoms with Crippen LogP contribution < -0.4 is 5.32 Å². The lowest BCUT2D eigenvalue weighted by atomic mass is 10.1. The molecule has 24 heavy (non-hydrogen) atoms. The third-order valence-corrected chi connectivity index (χ3v) is 4.46. The second-order valence-electron chi connectivity index (χ2n) is 5.61. The second kappa shape index (κ2) is 7.88. The van der Waals surface area contributed by atoms with Gasteiger partial charge in [0.15, 0.2) is 0 Å². The first-order chi connectivity index (χ1) is 11.4. The molecule has 1 N–H and O–H groups in total. The number of anilines is 1. The summed E-state index contributed by atoms with van der Waals surface area (Å²) in [4.78, 5) is 29.8. The number of aryl methyl sites for hydroxylation is 2. The minimum Gasteiger partial charge on any atom is -0.333 e. The first-order valence-corrected chi connectivity index (χ1v) is 8.46. The van der Waals surface area contributed by atoms with E-state index in [1.165, 1.54) is 22.3 Å². The van der Waals surface area contributed by atoms with Crippen LogP contribution in [-0.4, -0.2) is 35.3 Å². The van der Waals surface area contributed by atoms with E-state index in [2.05, 4.69) is 10.3 Å². The van der Waals surface area contributed by atoms with Crippen molar-refractivity contribution in [3.8, 4) is 0 Å². The Balaban J connectivity index is 1.92. The Labute approximate surface area is 146 Å². The van der Waals surface area contributed by atoms with Crippen molar-refractivity contribution in [2.45, 2.75) is 20.8 Å². The molecule has 0 aliphatic heterocycles. The fraction of sp³-hybridized carbons (Fsp3) is 0.278. The summed E-state index contributed by atoms with van der Waals surface area (Å²) in [6.45, 7) is 5.85. The van der Waals surface area contributed by atoms with Crippen molar-refractivity contribution in [2.24, 2.45) is 0 Å². The van der Waals surface area contributed by atoms with Gasteiger partial charge >= 0.3 is 0 Å². The van der Waals surface area contributed by atoms with Crippen molar-refractivity contribution < 1.29 is 9.59 Å². The van der Waals surface area contributed by atoms with Crippen LogP contribution >= 0.6 is 11.3 Å². The van der Waals surface area contributed by atoms with Crippen molar-refractivity contribution >= 4 is 34.9 Å². The summed E-state index contributed by atoms with van der Waals surface area (Å²) in [5.74, 6) is -0.464. The minimum absolute atomic E-state index is 0.00729. The topological polar surface area (TPSA) is 62.3 Å². The van der Waals surface area contributed by atoms with Gasteiger partial charge in [-0.2, -0.15) is 0 Å². The van der Waals surface area contributed by atoms with Gasteiger partial charge in [-0.25, -0.2) is 4.98 Å². The van der Waals surface area contributed by atoms with Crippen LogP contribution in [0.1, 0.15) is 21.8 Å². The normalized spacial score (nSPS) is 10.8. The van der Waals surface area contributed by atoms with Gasteiger partial charge < -0.3 is 10.2 Å². The van der Waals surface area contributed by atoms with E-state index in [-0.39, 0.29) is 18.4 Å². The third kappa shape index (κ3) is 4.76. The average Bonchev–Trinajstić information content (AvgIpc) is 2.95. The molecule has 0 saturated carbocycles. The number of amides is 2. The summed E-state index contributed by atoms with van der Waals surface area (Å²) < 4.78 is 0.